The minimum Gasteiger partial charge on any atom is -0.396 e. The molecule has 100 valence electrons. The number of aliphatic hydroxyl groups excluding tert-OH is 1. The second-order valence-corrected chi connectivity index (χ2v) is 7.24. The van der Waals surface area contributed by atoms with Crippen molar-refractivity contribution in [1.29, 1.82) is 0 Å². The summed E-state index contributed by atoms with van der Waals surface area (Å²) >= 11 is 1.86. The van der Waals surface area contributed by atoms with Gasteiger partial charge in [0.2, 0.25) is 0 Å². The molecule has 0 bridgehead atoms. The lowest BCUT2D eigenvalue weighted by molar-refractivity contribution is 0.0184. The number of rotatable bonds is 5. The normalized spacial score (nSPS) is 19.6. The van der Waals surface area contributed by atoms with E-state index in [1.165, 1.54) is 11.3 Å². The van der Waals surface area contributed by atoms with Crippen molar-refractivity contribution in [3.63, 3.8) is 0 Å². The Labute approximate surface area is 114 Å². The standard InChI is InChI=1S/C15H23NOS/c1-11(2)18-13-6-4-12(5-7-13)14(16)15(10-17)8-3-9-15/h4-7,11,14,17H,3,8-10,16H2,1-2H3. The summed E-state index contributed by atoms with van der Waals surface area (Å²) in [5.74, 6) is 0. The summed E-state index contributed by atoms with van der Waals surface area (Å²) in [6, 6.07) is 8.48. The Morgan fingerprint density at radius 1 is 1.28 bits per heavy atom. The van der Waals surface area contributed by atoms with Gasteiger partial charge in [-0.2, -0.15) is 0 Å². The highest BCUT2D eigenvalue weighted by atomic mass is 32.2. The maximum absolute atomic E-state index is 9.56. The topological polar surface area (TPSA) is 46.2 Å². The number of nitrogens with two attached hydrogens (primary N) is 1. The van der Waals surface area contributed by atoms with Crippen LogP contribution in [0, 0.1) is 5.41 Å². The first kappa shape index (κ1) is 13.9. The first-order valence-electron chi connectivity index (χ1n) is 6.70. The molecule has 2 rings (SSSR count). The van der Waals surface area contributed by atoms with E-state index >= 15 is 0 Å². The van der Waals surface area contributed by atoms with Crippen molar-refractivity contribution in [2.45, 2.75) is 49.3 Å². The van der Waals surface area contributed by atoms with Crippen LogP contribution in [-0.4, -0.2) is 17.0 Å². The minimum atomic E-state index is -0.0628. The fourth-order valence-electron chi connectivity index (χ4n) is 2.58. The Morgan fingerprint density at radius 3 is 2.28 bits per heavy atom. The van der Waals surface area contributed by atoms with Gasteiger partial charge in [0.15, 0.2) is 0 Å². The molecule has 0 aliphatic heterocycles. The van der Waals surface area contributed by atoms with Gasteiger partial charge in [-0.25, -0.2) is 0 Å². The number of thioether (sulfide) groups is 1. The van der Waals surface area contributed by atoms with Crippen LogP contribution in [0.1, 0.15) is 44.7 Å². The van der Waals surface area contributed by atoms with Gasteiger partial charge < -0.3 is 10.8 Å². The second kappa shape index (κ2) is 5.64. The Balaban J connectivity index is 2.09. The van der Waals surface area contributed by atoms with Crippen LogP contribution < -0.4 is 5.73 Å². The Kier molecular flexibility index (Phi) is 4.36. The number of benzene rings is 1. The lowest BCUT2D eigenvalue weighted by atomic mass is 9.63. The zero-order valence-corrected chi connectivity index (χ0v) is 12.0. The number of aliphatic hydroxyl groups is 1. The van der Waals surface area contributed by atoms with Gasteiger partial charge in [0.05, 0.1) is 6.61 Å². The molecule has 0 heterocycles. The SMILES string of the molecule is CC(C)Sc1ccc(C(N)C2(CO)CCC2)cc1. The zero-order valence-electron chi connectivity index (χ0n) is 11.2. The van der Waals surface area contributed by atoms with E-state index in [4.69, 9.17) is 5.73 Å². The Hall–Kier alpha value is -0.510. The van der Waals surface area contributed by atoms with Crippen molar-refractivity contribution in [2.24, 2.45) is 11.1 Å². The van der Waals surface area contributed by atoms with E-state index in [9.17, 15) is 5.11 Å². The van der Waals surface area contributed by atoms with Gasteiger partial charge in [0, 0.05) is 21.6 Å². The van der Waals surface area contributed by atoms with Crippen LogP contribution in [0.3, 0.4) is 0 Å². The summed E-state index contributed by atoms with van der Waals surface area (Å²) in [5.41, 5.74) is 7.42. The van der Waals surface area contributed by atoms with Crippen LogP contribution in [-0.2, 0) is 0 Å². The van der Waals surface area contributed by atoms with Gasteiger partial charge in [0.25, 0.3) is 0 Å². The predicted octanol–water partition coefficient (Wildman–Crippen LogP) is 3.35. The number of hydrogen-bond donors (Lipinski definition) is 2. The molecule has 1 fully saturated rings. The molecule has 1 aliphatic carbocycles. The molecule has 3 heteroatoms. The highest BCUT2D eigenvalue weighted by Gasteiger charge is 2.42. The van der Waals surface area contributed by atoms with Crippen LogP contribution in [0.25, 0.3) is 0 Å². The summed E-state index contributed by atoms with van der Waals surface area (Å²) < 4.78 is 0. The molecule has 1 saturated carbocycles. The quantitative estimate of drug-likeness (QED) is 0.803. The molecule has 1 aliphatic rings. The third kappa shape index (κ3) is 2.73. The minimum absolute atomic E-state index is 0.0330. The average Bonchev–Trinajstić information content (AvgIpc) is 2.28. The van der Waals surface area contributed by atoms with Gasteiger partial charge in [-0.05, 0) is 30.5 Å². The van der Waals surface area contributed by atoms with E-state index in [-0.39, 0.29) is 18.1 Å². The Bertz CT molecular complexity index is 378. The van der Waals surface area contributed by atoms with Crippen LogP contribution >= 0.6 is 11.8 Å². The lowest BCUT2D eigenvalue weighted by Gasteiger charge is -2.45. The molecule has 0 saturated heterocycles. The maximum atomic E-state index is 9.56. The molecular weight excluding hydrogens is 242 g/mol. The van der Waals surface area contributed by atoms with Crippen LogP contribution in [0.4, 0.5) is 0 Å². The van der Waals surface area contributed by atoms with Gasteiger partial charge in [0.1, 0.15) is 0 Å². The van der Waals surface area contributed by atoms with E-state index in [0.29, 0.717) is 5.25 Å². The smallest absolute Gasteiger partial charge is 0.0505 e. The summed E-state index contributed by atoms with van der Waals surface area (Å²) in [7, 11) is 0. The molecule has 1 unspecified atom stereocenters. The molecule has 1 aromatic carbocycles. The monoisotopic (exact) mass is 265 g/mol. The fourth-order valence-corrected chi connectivity index (χ4v) is 3.42. The van der Waals surface area contributed by atoms with Crippen molar-refractivity contribution < 1.29 is 5.11 Å². The largest absolute Gasteiger partial charge is 0.396 e. The zero-order chi connectivity index (χ0) is 13.2. The molecule has 2 nitrogen and oxygen atoms in total. The summed E-state index contributed by atoms with van der Waals surface area (Å²) in [6.07, 6.45) is 3.29. The van der Waals surface area contributed by atoms with E-state index in [1.807, 2.05) is 11.8 Å². The van der Waals surface area contributed by atoms with Crippen molar-refractivity contribution in [2.75, 3.05) is 6.61 Å². The van der Waals surface area contributed by atoms with Crippen LogP contribution in [0.2, 0.25) is 0 Å². The molecule has 0 amide bonds. The van der Waals surface area contributed by atoms with Gasteiger partial charge >= 0.3 is 0 Å². The van der Waals surface area contributed by atoms with Crippen molar-refractivity contribution in [1.82, 2.24) is 0 Å². The van der Waals surface area contributed by atoms with Gasteiger partial charge in [-0.3, -0.25) is 0 Å². The molecule has 3 N–H and O–H groups in total. The van der Waals surface area contributed by atoms with E-state index in [1.54, 1.807) is 0 Å². The van der Waals surface area contributed by atoms with Crippen molar-refractivity contribution >= 4 is 11.8 Å². The predicted molar refractivity (Wildman–Crippen MR) is 77.7 cm³/mol. The highest BCUT2D eigenvalue weighted by molar-refractivity contribution is 7.99. The molecule has 1 aromatic rings. The van der Waals surface area contributed by atoms with E-state index in [0.717, 1.165) is 18.4 Å². The van der Waals surface area contributed by atoms with Gasteiger partial charge in [-0.1, -0.05) is 32.4 Å². The lowest BCUT2D eigenvalue weighted by Crippen LogP contribution is -2.43. The second-order valence-electron chi connectivity index (χ2n) is 5.59. The molecule has 1 atom stereocenters. The van der Waals surface area contributed by atoms with Crippen molar-refractivity contribution in [3.05, 3.63) is 29.8 Å². The third-order valence-electron chi connectivity index (χ3n) is 3.93. The molecule has 0 radical (unpaired) electrons. The molecule has 0 aromatic heterocycles. The van der Waals surface area contributed by atoms with Gasteiger partial charge in [-0.15, -0.1) is 11.8 Å². The van der Waals surface area contributed by atoms with Crippen molar-refractivity contribution in [3.8, 4) is 0 Å². The highest BCUT2D eigenvalue weighted by Crippen LogP contribution is 2.48. The average molecular weight is 265 g/mol. The molecule has 0 spiro atoms. The van der Waals surface area contributed by atoms with Crippen LogP contribution in [0.5, 0.6) is 0 Å². The third-order valence-corrected chi connectivity index (χ3v) is 4.95. The maximum Gasteiger partial charge on any atom is 0.0505 e. The van der Waals surface area contributed by atoms with E-state index < -0.39 is 0 Å². The first-order valence-corrected chi connectivity index (χ1v) is 7.58. The molecule has 18 heavy (non-hydrogen) atoms. The Morgan fingerprint density at radius 2 is 1.89 bits per heavy atom. The summed E-state index contributed by atoms with van der Waals surface area (Å²) in [5, 5.41) is 10.2. The molecular formula is C15H23NOS. The van der Waals surface area contributed by atoms with Crippen LogP contribution in [0.15, 0.2) is 29.2 Å². The summed E-state index contributed by atoms with van der Waals surface area (Å²) in [6.45, 7) is 4.59. The first-order chi connectivity index (χ1) is 8.57. The van der Waals surface area contributed by atoms with E-state index in [2.05, 4.69) is 38.1 Å². The fraction of sp³-hybridized carbons (Fsp3) is 0.600. The number of hydrogen-bond acceptors (Lipinski definition) is 3. The summed E-state index contributed by atoms with van der Waals surface area (Å²) in [4.78, 5) is 1.28.